The molecule has 0 spiro atoms. The van der Waals surface area contributed by atoms with Crippen molar-refractivity contribution in [2.75, 3.05) is 0 Å². The summed E-state index contributed by atoms with van der Waals surface area (Å²) < 4.78 is 70.6. The molecule has 0 bridgehead atoms. The fourth-order valence-corrected chi connectivity index (χ4v) is 3.92. The second kappa shape index (κ2) is 9.11. The Hall–Kier alpha value is -3.21. The van der Waals surface area contributed by atoms with Crippen molar-refractivity contribution in [3.63, 3.8) is 0 Å². The molecule has 5 heteroatoms. The highest BCUT2D eigenvalue weighted by Gasteiger charge is 2.16. The summed E-state index contributed by atoms with van der Waals surface area (Å²) in [5.41, 5.74) is 2.16. The number of unbranched alkanes of at least 4 members (excludes halogenated alkanes) is 2. The van der Waals surface area contributed by atoms with Crippen LogP contribution in [-0.2, 0) is 6.42 Å². The molecular formula is C27H21F5. The molecule has 4 aromatic rings. The van der Waals surface area contributed by atoms with E-state index < -0.39 is 29.1 Å². The third kappa shape index (κ3) is 4.24. The molecule has 0 aliphatic carbocycles. The lowest BCUT2D eigenvalue weighted by Gasteiger charge is -2.10. The van der Waals surface area contributed by atoms with Gasteiger partial charge >= 0.3 is 0 Å². The zero-order chi connectivity index (χ0) is 22.8. The van der Waals surface area contributed by atoms with E-state index in [0.29, 0.717) is 16.7 Å². The van der Waals surface area contributed by atoms with E-state index in [1.807, 2.05) is 6.07 Å². The zero-order valence-electron chi connectivity index (χ0n) is 17.5. The third-order valence-electron chi connectivity index (χ3n) is 5.67. The molecule has 4 aromatic carbocycles. The molecule has 0 saturated carbocycles. The first-order valence-electron chi connectivity index (χ1n) is 10.5. The maximum absolute atomic E-state index is 14.9. The average molecular weight is 440 g/mol. The zero-order valence-corrected chi connectivity index (χ0v) is 17.5. The summed E-state index contributed by atoms with van der Waals surface area (Å²) in [5.74, 6) is -5.15. The van der Waals surface area contributed by atoms with Gasteiger partial charge in [-0.1, -0.05) is 56.2 Å². The number of aryl methyl sites for hydroxylation is 1. The van der Waals surface area contributed by atoms with Gasteiger partial charge in [-0.2, -0.15) is 0 Å². The van der Waals surface area contributed by atoms with Crippen LogP contribution in [0, 0.1) is 29.1 Å². The van der Waals surface area contributed by atoms with Crippen LogP contribution in [0.25, 0.3) is 33.0 Å². The first kappa shape index (κ1) is 22.0. The molecule has 0 atom stereocenters. The minimum absolute atomic E-state index is 0.0919. The summed E-state index contributed by atoms with van der Waals surface area (Å²) >= 11 is 0. The van der Waals surface area contributed by atoms with Crippen molar-refractivity contribution in [2.24, 2.45) is 0 Å². The van der Waals surface area contributed by atoms with Gasteiger partial charge in [0.25, 0.3) is 0 Å². The van der Waals surface area contributed by atoms with Crippen molar-refractivity contribution >= 4 is 10.8 Å². The van der Waals surface area contributed by atoms with Crippen LogP contribution < -0.4 is 0 Å². The third-order valence-corrected chi connectivity index (χ3v) is 5.67. The fraction of sp³-hybridized carbons (Fsp3) is 0.185. The Morgan fingerprint density at radius 2 is 1.25 bits per heavy atom. The van der Waals surface area contributed by atoms with Gasteiger partial charge in [0, 0.05) is 16.5 Å². The van der Waals surface area contributed by atoms with Crippen LogP contribution in [0.2, 0.25) is 0 Å². The van der Waals surface area contributed by atoms with Crippen molar-refractivity contribution < 1.29 is 22.0 Å². The molecule has 0 radical (unpaired) electrons. The SMILES string of the molecule is CCCCCc1ccc(-c2ccc(-c3ccc4c(F)c(F)c(F)cc4c3)c(F)c2)c(F)c1. The number of benzene rings is 4. The summed E-state index contributed by atoms with van der Waals surface area (Å²) in [5, 5.41) is 0.0258. The van der Waals surface area contributed by atoms with E-state index in [2.05, 4.69) is 6.92 Å². The Labute approximate surface area is 183 Å². The maximum Gasteiger partial charge on any atom is 0.195 e. The normalized spacial score (nSPS) is 11.3. The van der Waals surface area contributed by atoms with E-state index in [1.165, 1.54) is 36.4 Å². The van der Waals surface area contributed by atoms with E-state index in [0.717, 1.165) is 37.3 Å². The van der Waals surface area contributed by atoms with Gasteiger partial charge in [0.15, 0.2) is 17.5 Å². The van der Waals surface area contributed by atoms with Crippen LogP contribution in [0.4, 0.5) is 22.0 Å². The molecule has 0 nitrogen and oxygen atoms in total. The summed E-state index contributed by atoms with van der Waals surface area (Å²) in [7, 11) is 0. The quantitative estimate of drug-likeness (QED) is 0.160. The van der Waals surface area contributed by atoms with Crippen LogP contribution >= 0.6 is 0 Å². The van der Waals surface area contributed by atoms with Gasteiger partial charge in [-0.3, -0.25) is 0 Å². The van der Waals surface area contributed by atoms with Crippen molar-refractivity contribution in [1.29, 1.82) is 0 Å². The lowest BCUT2D eigenvalue weighted by molar-refractivity contribution is 0.453. The number of halogens is 5. The molecule has 0 unspecified atom stereocenters. The fourth-order valence-electron chi connectivity index (χ4n) is 3.92. The Balaban J connectivity index is 1.66. The van der Waals surface area contributed by atoms with Crippen LogP contribution in [0.15, 0.2) is 60.7 Å². The second-order valence-electron chi connectivity index (χ2n) is 7.89. The molecule has 0 aliphatic rings. The van der Waals surface area contributed by atoms with Crippen molar-refractivity contribution in [3.8, 4) is 22.3 Å². The van der Waals surface area contributed by atoms with Gasteiger partial charge < -0.3 is 0 Å². The van der Waals surface area contributed by atoms with E-state index in [-0.39, 0.29) is 16.3 Å². The van der Waals surface area contributed by atoms with Gasteiger partial charge in [-0.25, -0.2) is 22.0 Å². The molecule has 0 aromatic heterocycles. The van der Waals surface area contributed by atoms with Gasteiger partial charge in [0.2, 0.25) is 0 Å². The predicted molar refractivity (Wildman–Crippen MR) is 118 cm³/mol. The Kier molecular flexibility index (Phi) is 6.26. The van der Waals surface area contributed by atoms with E-state index in [1.54, 1.807) is 12.1 Å². The second-order valence-corrected chi connectivity index (χ2v) is 7.89. The summed E-state index contributed by atoms with van der Waals surface area (Å²) in [4.78, 5) is 0. The van der Waals surface area contributed by atoms with Gasteiger partial charge in [0.1, 0.15) is 11.6 Å². The molecule has 0 saturated heterocycles. The Morgan fingerprint density at radius 3 is 1.94 bits per heavy atom. The molecule has 0 heterocycles. The van der Waals surface area contributed by atoms with E-state index in [4.69, 9.17) is 0 Å². The molecular weight excluding hydrogens is 419 g/mol. The van der Waals surface area contributed by atoms with Crippen LogP contribution in [-0.4, -0.2) is 0 Å². The summed E-state index contributed by atoms with van der Waals surface area (Å²) in [6, 6.07) is 14.3. The predicted octanol–water partition coefficient (Wildman–Crippen LogP) is 8.60. The number of hydrogen-bond donors (Lipinski definition) is 0. The molecule has 0 aliphatic heterocycles. The van der Waals surface area contributed by atoms with Crippen molar-refractivity contribution in [3.05, 3.63) is 95.3 Å². The highest BCUT2D eigenvalue weighted by Crippen LogP contribution is 2.33. The molecule has 164 valence electrons. The molecule has 0 N–H and O–H groups in total. The van der Waals surface area contributed by atoms with Crippen LogP contribution in [0.3, 0.4) is 0 Å². The highest BCUT2D eigenvalue weighted by molar-refractivity contribution is 5.88. The monoisotopic (exact) mass is 440 g/mol. The van der Waals surface area contributed by atoms with Gasteiger partial charge in [-0.15, -0.1) is 0 Å². The first-order chi connectivity index (χ1) is 15.4. The highest BCUT2D eigenvalue weighted by atomic mass is 19.2. The maximum atomic E-state index is 14.9. The molecule has 0 fully saturated rings. The van der Waals surface area contributed by atoms with E-state index in [9.17, 15) is 22.0 Å². The lowest BCUT2D eigenvalue weighted by atomic mass is 9.96. The number of fused-ring (bicyclic) bond motifs is 1. The largest absolute Gasteiger partial charge is 0.206 e. The number of rotatable bonds is 6. The summed E-state index contributed by atoms with van der Waals surface area (Å²) in [6.45, 7) is 2.11. The minimum atomic E-state index is -1.54. The van der Waals surface area contributed by atoms with Crippen LogP contribution in [0.5, 0.6) is 0 Å². The van der Waals surface area contributed by atoms with Gasteiger partial charge in [0.05, 0.1) is 0 Å². The average Bonchev–Trinajstić information content (AvgIpc) is 2.77. The lowest BCUT2D eigenvalue weighted by Crippen LogP contribution is -1.94. The molecule has 0 amide bonds. The Morgan fingerprint density at radius 1 is 0.594 bits per heavy atom. The topological polar surface area (TPSA) is 0 Å². The Bertz CT molecular complexity index is 1290. The molecule has 32 heavy (non-hydrogen) atoms. The van der Waals surface area contributed by atoms with E-state index >= 15 is 0 Å². The number of hydrogen-bond acceptors (Lipinski definition) is 0. The van der Waals surface area contributed by atoms with Crippen molar-refractivity contribution in [1.82, 2.24) is 0 Å². The standard InChI is InChI=1S/C27H21F5/c1-2-3-4-5-16-6-9-20(23(28)12-16)18-7-10-21(24(29)14-18)17-8-11-22-19(13-17)15-25(30)27(32)26(22)31/h6-15H,2-5H2,1H3. The van der Waals surface area contributed by atoms with Gasteiger partial charge in [-0.05, 0) is 59.2 Å². The minimum Gasteiger partial charge on any atom is -0.206 e. The first-order valence-corrected chi connectivity index (χ1v) is 10.5. The van der Waals surface area contributed by atoms with Crippen LogP contribution in [0.1, 0.15) is 31.7 Å². The molecule has 4 rings (SSSR count). The smallest absolute Gasteiger partial charge is 0.195 e. The van der Waals surface area contributed by atoms with Crippen molar-refractivity contribution in [2.45, 2.75) is 32.6 Å². The summed E-state index contributed by atoms with van der Waals surface area (Å²) in [6.07, 6.45) is 3.96.